The first-order valence-corrected chi connectivity index (χ1v) is 8.87. The molecule has 25 heavy (non-hydrogen) atoms. The lowest BCUT2D eigenvalue weighted by Crippen LogP contribution is -2.49. The SMILES string of the molecule is CN=C(NCCn1cc(C)cn1)NC1CCN(c2ccccn2)CC1. The molecule has 1 fully saturated rings. The smallest absolute Gasteiger partial charge is 0.191 e. The lowest BCUT2D eigenvalue weighted by molar-refractivity contribution is 0.458. The van der Waals surface area contributed by atoms with E-state index in [0.29, 0.717) is 6.04 Å². The van der Waals surface area contributed by atoms with E-state index in [1.54, 1.807) is 0 Å². The Morgan fingerprint density at radius 1 is 1.32 bits per heavy atom. The van der Waals surface area contributed by atoms with E-state index in [4.69, 9.17) is 0 Å². The van der Waals surface area contributed by atoms with Crippen LogP contribution in [-0.4, -0.2) is 53.4 Å². The van der Waals surface area contributed by atoms with Gasteiger partial charge in [-0.1, -0.05) is 6.07 Å². The van der Waals surface area contributed by atoms with Crippen molar-refractivity contribution < 1.29 is 0 Å². The van der Waals surface area contributed by atoms with Gasteiger partial charge in [0.15, 0.2) is 5.96 Å². The number of nitrogens with one attached hydrogen (secondary N) is 2. The van der Waals surface area contributed by atoms with E-state index in [0.717, 1.165) is 50.8 Å². The molecule has 7 heteroatoms. The summed E-state index contributed by atoms with van der Waals surface area (Å²) in [6.45, 7) is 5.70. The van der Waals surface area contributed by atoms with Crippen LogP contribution in [0.5, 0.6) is 0 Å². The van der Waals surface area contributed by atoms with Crippen molar-refractivity contribution in [3.63, 3.8) is 0 Å². The van der Waals surface area contributed by atoms with E-state index in [1.807, 2.05) is 42.5 Å². The van der Waals surface area contributed by atoms with Crippen molar-refractivity contribution in [3.05, 3.63) is 42.4 Å². The summed E-state index contributed by atoms with van der Waals surface area (Å²) in [5, 5.41) is 11.2. The Morgan fingerprint density at radius 2 is 2.16 bits per heavy atom. The van der Waals surface area contributed by atoms with Gasteiger partial charge in [-0.05, 0) is 37.5 Å². The number of hydrogen-bond donors (Lipinski definition) is 2. The molecule has 3 rings (SSSR count). The zero-order valence-electron chi connectivity index (χ0n) is 15.0. The molecule has 0 radical (unpaired) electrons. The molecule has 2 aromatic rings. The molecule has 2 N–H and O–H groups in total. The van der Waals surface area contributed by atoms with Crippen molar-refractivity contribution in [2.45, 2.75) is 32.4 Å². The Kier molecular flexibility index (Phi) is 5.87. The molecule has 0 aromatic carbocycles. The Labute approximate surface area is 149 Å². The first kappa shape index (κ1) is 17.3. The molecule has 2 aromatic heterocycles. The molecule has 0 unspecified atom stereocenters. The summed E-state index contributed by atoms with van der Waals surface area (Å²) in [7, 11) is 1.82. The highest BCUT2D eigenvalue weighted by molar-refractivity contribution is 5.79. The fraction of sp³-hybridized carbons (Fsp3) is 0.500. The molecular weight excluding hydrogens is 314 g/mol. The number of pyridine rings is 1. The standard InChI is InChI=1S/C18H27N7/c1-15-13-22-25(14-15)12-9-21-18(19-2)23-16-6-10-24(11-7-16)17-5-3-4-8-20-17/h3-5,8,13-14,16H,6-7,9-12H2,1-2H3,(H2,19,21,23). The van der Waals surface area contributed by atoms with Gasteiger partial charge in [0, 0.05) is 45.1 Å². The van der Waals surface area contributed by atoms with Crippen LogP contribution in [0.2, 0.25) is 0 Å². The van der Waals surface area contributed by atoms with E-state index in [2.05, 4.69) is 43.6 Å². The lowest BCUT2D eigenvalue weighted by Gasteiger charge is -2.33. The van der Waals surface area contributed by atoms with E-state index in [1.165, 1.54) is 5.56 Å². The number of aliphatic imine (C=N–C) groups is 1. The Morgan fingerprint density at radius 3 is 2.80 bits per heavy atom. The fourth-order valence-corrected chi connectivity index (χ4v) is 3.06. The summed E-state index contributed by atoms with van der Waals surface area (Å²) < 4.78 is 1.95. The number of anilines is 1. The molecule has 7 nitrogen and oxygen atoms in total. The van der Waals surface area contributed by atoms with Gasteiger partial charge < -0.3 is 15.5 Å². The van der Waals surface area contributed by atoms with Crippen LogP contribution in [0.25, 0.3) is 0 Å². The van der Waals surface area contributed by atoms with Gasteiger partial charge in [-0.15, -0.1) is 0 Å². The molecule has 0 atom stereocenters. The predicted molar refractivity (Wildman–Crippen MR) is 101 cm³/mol. The molecule has 1 saturated heterocycles. The molecule has 0 spiro atoms. The van der Waals surface area contributed by atoms with Gasteiger partial charge in [0.25, 0.3) is 0 Å². The molecular formula is C18H27N7. The summed E-state index contributed by atoms with van der Waals surface area (Å²) in [5.74, 6) is 1.93. The third-order valence-corrected chi connectivity index (χ3v) is 4.43. The maximum atomic E-state index is 4.44. The number of aromatic nitrogens is 3. The van der Waals surface area contributed by atoms with Gasteiger partial charge in [-0.2, -0.15) is 5.10 Å². The zero-order chi connectivity index (χ0) is 17.5. The molecule has 1 aliphatic rings. The third-order valence-electron chi connectivity index (χ3n) is 4.43. The lowest BCUT2D eigenvalue weighted by atomic mass is 10.1. The van der Waals surface area contributed by atoms with Crippen molar-refractivity contribution in [1.82, 2.24) is 25.4 Å². The van der Waals surface area contributed by atoms with Crippen LogP contribution < -0.4 is 15.5 Å². The van der Waals surface area contributed by atoms with E-state index < -0.39 is 0 Å². The van der Waals surface area contributed by atoms with Crippen LogP contribution in [0.1, 0.15) is 18.4 Å². The van der Waals surface area contributed by atoms with Crippen molar-refractivity contribution in [2.75, 3.05) is 31.6 Å². The van der Waals surface area contributed by atoms with Crippen LogP contribution in [0.15, 0.2) is 41.8 Å². The van der Waals surface area contributed by atoms with Crippen LogP contribution in [-0.2, 0) is 6.54 Å². The number of nitrogens with zero attached hydrogens (tertiary/aromatic N) is 5. The van der Waals surface area contributed by atoms with Crippen LogP contribution in [0.3, 0.4) is 0 Å². The highest BCUT2D eigenvalue weighted by Gasteiger charge is 2.20. The Balaban J connectivity index is 1.41. The van der Waals surface area contributed by atoms with E-state index in [-0.39, 0.29) is 0 Å². The highest BCUT2D eigenvalue weighted by Crippen LogP contribution is 2.17. The summed E-state index contributed by atoms with van der Waals surface area (Å²) >= 11 is 0. The number of guanidine groups is 1. The third kappa shape index (κ3) is 4.95. The Bertz CT molecular complexity index is 672. The second-order valence-corrected chi connectivity index (χ2v) is 6.37. The average Bonchev–Trinajstić information content (AvgIpc) is 3.07. The van der Waals surface area contributed by atoms with Gasteiger partial charge in [0.1, 0.15) is 5.82 Å². The maximum Gasteiger partial charge on any atom is 0.191 e. The minimum absolute atomic E-state index is 0.443. The van der Waals surface area contributed by atoms with Crippen molar-refractivity contribution in [3.8, 4) is 0 Å². The number of rotatable bonds is 5. The van der Waals surface area contributed by atoms with Crippen LogP contribution in [0, 0.1) is 6.92 Å². The van der Waals surface area contributed by atoms with Crippen molar-refractivity contribution in [2.24, 2.45) is 4.99 Å². The monoisotopic (exact) mass is 341 g/mol. The topological polar surface area (TPSA) is 70.4 Å². The van der Waals surface area contributed by atoms with Gasteiger partial charge in [0.05, 0.1) is 12.7 Å². The minimum Gasteiger partial charge on any atom is -0.356 e. The van der Waals surface area contributed by atoms with Gasteiger partial charge in [-0.3, -0.25) is 9.67 Å². The van der Waals surface area contributed by atoms with Crippen molar-refractivity contribution >= 4 is 11.8 Å². The summed E-state index contributed by atoms with van der Waals surface area (Å²) in [6, 6.07) is 6.51. The molecule has 3 heterocycles. The van der Waals surface area contributed by atoms with Crippen molar-refractivity contribution in [1.29, 1.82) is 0 Å². The number of hydrogen-bond acceptors (Lipinski definition) is 4. The molecule has 0 saturated carbocycles. The minimum atomic E-state index is 0.443. The van der Waals surface area contributed by atoms with Gasteiger partial charge in [0.2, 0.25) is 0 Å². The first-order valence-electron chi connectivity index (χ1n) is 8.87. The molecule has 0 aliphatic carbocycles. The first-order chi connectivity index (χ1) is 12.2. The average molecular weight is 341 g/mol. The predicted octanol–water partition coefficient (Wildman–Crippen LogP) is 1.42. The number of aryl methyl sites for hydroxylation is 1. The van der Waals surface area contributed by atoms with Gasteiger partial charge >= 0.3 is 0 Å². The number of piperidine rings is 1. The molecule has 134 valence electrons. The normalized spacial score (nSPS) is 16.1. The summed E-state index contributed by atoms with van der Waals surface area (Å²) in [4.78, 5) is 11.1. The highest BCUT2D eigenvalue weighted by atomic mass is 15.3. The Hall–Kier alpha value is -2.57. The maximum absolute atomic E-state index is 4.44. The molecule has 0 bridgehead atoms. The summed E-state index contributed by atoms with van der Waals surface area (Å²) in [5.41, 5.74) is 1.18. The van der Waals surface area contributed by atoms with Gasteiger partial charge in [-0.25, -0.2) is 4.98 Å². The van der Waals surface area contributed by atoms with Crippen LogP contribution >= 0.6 is 0 Å². The second-order valence-electron chi connectivity index (χ2n) is 6.37. The van der Waals surface area contributed by atoms with E-state index >= 15 is 0 Å². The fourth-order valence-electron chi connectivity index (χ4n) is 3.06. The quantitative estimate of drug-likeness (QED) is 0.636. The van der Waals surface area contributed by atoms with E-state index in [9.17, 15) is 0 Å². The second kappa shape index (κ2) is 8.50. The summed E-state index contributed by atoms with van der Waals surface area (Å²) in [6.07, 6.45) is 7.94. The zero-order valence-corrected chi connectivity index (χ0v) is 15.0. The molecule has 1 aliphatic heterocycles. The van der Waals surface area contributed by atoms with Crippen LogP contribution in [0.4, 0.5) is 5.82 Å². The largest absolute Gasteiger partial charge is 0.356 e. The molecule has 0 amide bonds.